The fraction of sp³-hybridized carbons (Fsp3) is 0.0909. The molecule has 1 aromatic heterocycles. The molecule has 0 amide bonds. The van der Waals surface area contributed by atoms with Gasteiger partial charge < -0.3 is 15.6 Å². The van der Waals surface area contributed by atoms with Crippen LogP contribution in [0.5, 0.6) is 0 Å². The summed E-state index contributed by atoms with van der Waals surface area (Å²) in [5, 5.41) is 11.6. The highest BCUT2D eigenvalue weighted by Gasteiger charge is 2.14. The molecule has 0 unspecified atom stereocenters. The third-order valence-corrected chi connectivity index (χ3v) is 2.32. The van der Waals surface area contributed by atoms with Crippen molar-refractivity contribution in [2.75, 3.05) is 0 Å². The second kappa shape index (κ2) is 3.67. The summed E-state index contributed by atoms with van der Waals surface area (Å²) in [4.78, 5) is 14.9. The van der Waals surface area contributed by atoms with E-state index in [-0.39, 0.29) is 0 Å². The number of quaternary nitrogens is 1. The molecule has 0 saturated heterocycles. The smallest absolute Gasteiger partial charge is 0.152 e. The first-order valence-corrected chi connectivity index (χ1v) is 4.58. The lowest BCUT2D eigenvalue weighted by Crippen LogP contribution is -2.61. The van der Waals surface area contributed by atoms with E-state index >= 15 is 0 Å². The molecule has 4 heteroatoms. The van der Waals surface area contributed by atoms with Crippen LogP contribution in [0.2, 0.25) is 0 Å². The first-order valence-electron chi connectivity index (χ1n) is 4.58. The molecule has 0 saturated carbocycles. The molecule has 76 valence electrons. The van der Waals surface area contributed by atoms with Crippen molar-refractivity contribution in [3.8, 4) is 0 Å². The minimum Gasteiger partial charge on any atom is -0.544 e. The monoisotopic (exact) mass is 202 g/mol. The first-order chi connectivity index (χ1) is 7.20. The van der Waals surface area contributed by atoms with Gasteiger partial charge in [0.05, 0.1) is 5.52 Å². The molecule has 0 aliphatic rings. The van der Waals surface area contributed by atoms with Crippen molar-refractivity contribution in [2.45, 2.75) is 6.04 Å². The van der Waals surface area contributed by atoms with E-state index in [0.29, 0.717) is 11.1 Å². The van der Waals surface area contributed by atoms with Crippen LogP contribution in [0, 0.1) is 0 Å². The highest BCUT2D eigenvalue weighted by molar-refractivity contribution is 5.86. The third-order valence-electron chi connectivity index (χ3n) is 2.32. The van der Waals surface area contributed by atoms with Crippen LogP contribution >= 0.6 is 0 Å². The topological polar surface area (TPSA) is 80.7 Å². The molecule has 3 N–H and O–H groups in total. The molecule has 0 aliphatic carbocycles. The second-order valence-corrected chi connectivity index (χ2v) is 3.29. The number of nitrogens with zero attached hydrogens (tertiary/aromatic N) is 1. The van der Waals surface area contributed by atoms with Crippen LogP contribution in [0.15, 0.2) is 36.5 Å². The van der Waals surface area contributed by atoms with Gasteiger partial charge in [-0.2, -0.15) is 0 Å². The van der Waals surface area contributed by atoms with Crippen LogP contribution in [0.1, 0.15) is 11.6 Å². The second-order valence-electron chi connectivity index (χ2n) is 3.29. The van der Waals surface area contributed by atoms with E-state index in [1.165, 1.54) is 0 Å². The maximum atomic E-state index is 10.7. The predicted molar refractivity (Wildman–Crippen MR) is 52.4 cm³/mol. The van der Waals surface area contributed by atoms with Crippen LogP contribution in [0.3, 0.4) is 0 Å². The number of aromatic nitrogens is 1. The Morgan fingerprint density at radius 3 is 2.80 bits per heavy atom. The summed E-state index contributed by atoms with van der Waals surface area (Å²) < 4.78 is 0. The Balaban J connectivity index is 2.65. The Bertz CT molecular complexity index is 505. The van der Waals surface area contributed by atoms with Crippen molar-refractivity contribution in [1.29, 1.82) is 0 Å². The first kappa shape index (κ1) is 9.61. The maximum Gasteiger partial charge on any atom is 0.152 e. The Labute approximate surface area is 86.4 Å². The van der Waals surface area contributed by atoms with Gasteiger partial charge >= 0.3 is 0 Å². The van der Waals surface area contributed by atoms with E-state index in [1.807, 2.05) is 18.2 Å². The summed E-state index contributed by atoms with van der Waals surface area (Å²) in [5.74, 6) is -1.19. The predicted octanol–water partition coefficient (Wildman–Crippen LogP) is -0.732. The zero-order valence-corrected chi connectivity index (χ0v) is 8.01. The number of fused-ring (bicyclic) bond motifs is 1. The summed E-state index contributed by atoms with van der Waals surface area (Å²) in [5.41, 5.74) is 4.82. The molecule has 2 rings (SSSR count). The fourth-order valence-electron chi connectivity index (χ4n) is 1.54. The van der Waals surface area contributed by atoms with Gasteiger partial charge in [-0.25, -0.2) is 0 Å². The number of aliphatic carboxylic acids is 1. The molecule has 15 heavy (non-hydrogen) atoms. The quantitative estimate of drug-likeness (QED) is 0.697. The molecule has 1 aromatic carbocycles. The molecule has 0 radical (unpaired) electrons. The number of benzene rings is 1. The molecule has 4 nitrogen and oxygen atoms in total. The minimum atomic E-state index is -1.19. The average Bonchev–Trinajstić information content (AvgIpc) is 2.27. The van der Waals surface area contributed by atoms with E-state index in [9.17, 15) is 9.90 Å². The van der Waals surface area contributed by atoms with Gasteiger partial charge in [-0.15, -0.1) is 0 Å². The van der Waals surface area contributed by atoms with Crippen LogP contribution < -0.4 is 10.8 Å². The van der Waals surface area contributed by atoms with E-state index in [2.05, 4.69) is 10.7 Å². The Morgan fingerprint density at radius 1 is 1.33 bits per heavy atom. The number of hydrogen-bond donors (Lipinski definition) is 1. The maximum absolute atomic E-state index is 10.7. The number of carboxylic acid groups (broad SMARTS) is 1. The third kappa shape index (κ3) is 1.67. The van der Waals surface area contributed by atoms with Gasteiger partial charge in [0.15, 0.2) is 6.04 Å². The zero-order chi connectivity index (χ0) is 10.8. The zero-order valence-electron chi connectivity index (χ0n) is 8.01. The van der Waals surface area contributed by atoms with Gasteiger partial charge in [-0.1, -0.05) is 24.3 Å². The molecule has 1 heterocycles. The number of carbonyl (C=O) groups is 1. The highest BCUT2D eigenvalue weighted by Crippen LogP contribution is 2.19. The Kier molecular flexibility index (Phi) is 2.35. The van der Waals surface area contributed by atoms with Crippen LogP contribution in [-0.4, -0.2) is 11.0 Å². The normalized spacial score (nSPS) is 12.6. The van der Waals surface area contributed by atoms with Crippen molar-refractivity contribution in [3.63, 3.8) is 0 Å². The fourth-order valence-corrected chi connectivity index (χ4v) is 1.54. The number of carbonyl (C=O) groups excluding carboxylic acids is 1. The van der Waals surface area contributed by atoms with E-state index < -0.39 is 12.0 Å². The lowest BCUT2D eigenvalue weighted by molar-refractivity contribution is -0.442. The van der Waals surface area contributed by atoms with Gasteiger partial charge in [0.1, 0.15) is 5.97 Å². The largest absolute Gasteiger partial charge is 0.544 e. The van der Waals surface area contributed by atoms with Crippen LogP contribution in [-0.2, 0) is 4.79 Å². The Morgan fingerprint density at radius 2 is 2.07 bits per heavy atom. The molecule has 0 spiro atoms. The molecule has 2 aromatic rings. The van der Waals surface area contributed by atoms with Gasteiger partial charge in [-0.05, 0) is 6.07 Å². The SMILES string of the molecule is [NH3+][C@H](C(=O)[O-])c1cccc2cccnc12. The number of rotatable bonds is 2. The van der Waals surface area contributed by atoms with E-state index in [0.717, 1.165) is 5.39 Å². The van der Waals surface area contributed by atoms with Gasteiger partial charge in [0.2, 0.25) is 0 Å². The summed E-state index contributed by atoms with van der Waals surface area (Å²) >= 11 is 0. The summed E-state index contributed by atoms with van der Waals surface area (Å²) in [7, 11) is 0. The van der Waals surface area contributed by atoms with Crippen molar-refractivity contribution in [2.24, 2.45) is 0 Å². The average molecular weight is 202 g/mol. The van der Waals surface area contributed by atoms with E-state index in [1.54, 1.807) is 18.3 Å². The van der Waals surface area contributed by atoms with Crippen molar-refractivity contribution in [3.05, 3.63) is 42.1 Å². The molecule has 1 atom stereocenters. The van der Waals surface area contributed by atoms with Crippen LogP contribution in [0.25, 0.3) is 10.9 Å². The van der Waals surface area contributed by atoms with Gasteiger partial charge in [0, 0.05) is 17.1 Å². The minimum absolute atomic E-state index is 0.591. The molecule has 0 bridgehead atoms. The molecule has 0 aliphatic heterocycles. The summed E-state index contributed by atoms with van der Waals surface area (Å²) in [6, 6.07) is 8.19. The highest BCUT2D eigenvalue weighted by atomic mass is 16.4. The number of para-hydroxylation sites is 1. The summed E-state index contributed by atoms with van der Waals surface area (Å²) in [6.07, 6.45) is 1.63. The van der Waals surface area contributed by atoms with Crippen molar-refractivity contribution < 1.29 is 15.6 Å². The molecule has 0 fully saturated rings. The number of carboxylic acids is 1. The Hall–Kier alpha value is -1.94. The number of pyridine rings is 1. The lowest BCUT2D eigenvalue weighted by atomic mass is 10.0. The van der Waals surface area contributed by atoms with Crippen LogP contribution in [0.4, 0.5) is 0 Å². The summed E-state index contributed by atoms with van der Waals surface area (Å²) in [6.45, 7) is 0. The number of hydrogen-bond acceptors (Lipinski definition) is 3. The van der Waals surface area contributed by atoms with Crippen molar-refractivity contribution in [1.82, 2.24) is 4.98 Å². The standard InChI is InChI=1S/C11H10N2O2/c12-9(11(14)15)8-5-1-3-7-4-2-6-13-10(7)8/h1-6,9H,12H2,(H,14,15)/t9-/m0/s1. The van der Waals surface area contributed by atoms with E-state index in [4.69, 9.17) is 0 Å². The lowest BCUT2D eigenvalue weighted by Gasteiger charge is -2.11. The molecular formula is C11H10N2O2. The molecular weight excluding hydrogens is 192 g/mol. The van der Waals surface area contributed by atoms with Gasteiger partial charge in [0.25, 0.3) is 0 Å². The van der Waals surface area contributed by atoms with Gasteiger partial charge in [-0.3, -0.25) is 4.98 Å². The van der Waals surface area contributed by atoms with Crippen molar-refractivity contribution >= 4 is 16.9 Å².